The molecule has 28 heavy (non-hydrogen) atoms. The van der Waals surface area contributed by atoms with Crippen molar-refractivity contribution < 1.29 is 14.3 Å². The molecule has 1 aliphatic carbocycles. The van der Waals surface area contributed by atoms with Gasteiger partial charge in [0.15, 0.2) is 0 Å². The average molecular weight is 383 g/mol. The van der Waals surface area contributed by atoms with Crippen LogP contribution in [0.1, 0.15) is 51.4 Å². The number of likely N-dealkylation sites (tertiary alicyclic amines) is 1. The molecule has 4 rings (SSSR count). The van der Waals surface area contributed by atoms with E-state index in [1.807, 2.05) is 30.5 Å². The number of nitrogens with one attached hydrogen (secondary N) is 2. The molecule has 150 valence electrons. The molecule has 1 aromatic carbocycles. The number of hydrogen-bond donors (Lipinski definition) is 2. The van der Waals surface area contributed by atoms with E-state index in [-0.39, 0.29) is 17.2 Å². The molecule has 1 spiro atoms. The van der Waals surface area contributed by atoms with Gasteiger partial charge < -0.3 is 15.4 Å². The SMILES string of the molecule is O=C1CC2(CCCC2)CC(=O)N1CCCCNCC1=CNc2ccccc2O1. The van der Waals surface area contributed by atoms with Crippen LogP contribution in [0.4, 0.5) is 5.69 Å². The highest BCUT2D eigenvalue weighted by molar-refractivity contribution is 5.98. The van der Waals surface area contributed by atoms with Gasteiger partial charge in [-0.1, -0.05) is 25.0 Å². The van der Waals surface area contributed by atoms with E-state index in [9.17, 15) is 9.59 Å². The van der Waals surface area contributed by atoms with Crippen molar-refractivity contribution in [2.45, 2.75) is 51.4 Å². The van der Waals surface area contributed by atoms with Gasteiger partial charge in [0, 0.05) is 25.6 Å². The predicted octanol–water partition coefficient (Wildman–Crippen LogP) is 3.41. The van der Waals surface area contributed by atoms with Gasteiger partial charge in [0.25, 0.3) is 0 Å². The number of unbranched alkanes of at least 4 members (excludes halogenated alkanes) is 1. The fourth-order valence-electron chi connectivity index (χ4n) is 4.58. The van der Waals surface area contributed by atoms with E-state index in [2.05, 4.69) is 10.6 Å². The third kappa shape index (κ3) is 4.22. The third-order valence-electron chi connectivity index (χ3n) is 6.12. The highest BCUT2D eigenvalue weighted by Crippen LogP contribution is 2.46. The molecule has 0 atom stereocenters. The minimum absolute atomic E-state index is 0.00735. The van der Waals surface area contributed by atoms with Crippen LogP contribution in [0, 0.1) is 5.41 Å². The zero-order valence-corrected chi connectivity index (χ0v) is 16.3. The first-order valence-corrected chi connectivity index (χ1v) is 10.4. The number of hydrogen-bond acceptors (Lipinski definition) is 5. The van der Waals surface area contributed by atoms with Crippen LogP contribution < -0.4 is 15.4 Å². The lowest BCUT2D eigenvalue weighted by Gasteiger charge is -2.37. The van der Waals surface area contributed by atoms with Gasteiger partial charge in [0.05, 0.1) is 12.2 Å². The molecule has 6 heteroatoms. The quantitative estimate of drug-likeness (QED) is 0.558. The van der Waals surface area contributed by atoms with Gasteiger partial charge in [-0.2, -0.15) is 0 Å². The molecular formula is C22H29N3O3. The smallest absolute Gasteiger partial charge is 0.229 e. The van der Waals surface area contributed by atoms with E-state index in [0.717, 1.165) is 62.3 Å². The topological polar surface area (TPSA) is 70.7 Å². The van der Waals surface area contributed by atoms with E-state index >= 15 is 0 Å². The number of para-hydroxylation sites is 2. The molecule has 0 unspecified atom stereocenters. The maximum absolute atomic E-state index is 12.5. The van der Waals surface area contributed by atoms with Crippen molar-refractivity contribution >= 4 is 17.5 Å². The molecule has 2 aliphatic heterocycles. The lowest BCUT2D eigenvalue weighted by Crippen LogP contribution is -2.47. The van der Waals surface area contributed by atoms with Crippen molar-refractivity contribution in [2.75, 3.05) is 25.0 Å². The first-order valence-electron chi connectivity index (χ1n) is 10.4. The molecule has 2 N–H and O–H groups in total. The normalized spacial score (nSPS) is 20.6. The average Bonchev–Trinajstić information content (AvgIpc) is 3.13. The van der Waals surface area contributed by atoms with E-state index in [1.54, 1.807) is 0 Å². The molecule has 1 saturated carbocycles. The molecule has 0 aromatic heterocycles. The Morgan fingerprint density at radius 1 is 1.07 bits per heavy atom. The third-order valence-corrected chi connectivity index (χ3v) is 6.12. The summed E-state index contributed by atoms with van der Waals surface area (Å²) in [5.41, 5.74) is 0.966. The molecule has 2 amide bonds. The Bertz CT molecular complexity index is 748. The van der Waals surface area contributed by atoms with Crippen LogP contribution in [0.5, 0.6) is 5.75 Å². The Morgan fingerprint density at radius 2 is 1.82 bits per heavy atom. The summed E-state index contributed by atoms with van der Waals surface area (Å²) >= 11 is 0. The lowest BCUT2D eigenvalue weighted by atomic mass is 9.76. The molecule has 3 aliphatic rings. The van der Waals surface area contributed by atoms with Gasteiger partial charge in [-0.05, 0) is 49.8 Å². The highest BCUT2D eigenvalue weighted by Gasteiger charge is 2.44. The number of ether oxygens (including phenoxy) is 1. The van der Waals surface area contributed by atoms with Crippen LogP contribution in [-0.4, -0.2) is 36.3 Å². The molecule has 2 heterocycles. The monoisotopic (exact) mass is 383 g/mol. The number of rotatable bonds is 7. The largest absolute Gasteiger partial charge is 0.457 e. The van der Waals surface area contributed by atoms with Crippen LogP contribution in [-0.2, 0) is 9.59 Å². The first-order chi connectivity index (χ1) is 13.7. The number of piperidine rings is 1. The number of amides is 2. The Hall–Kier alpha value is -2.34. The number of anilines is 1. The van der Waals surface area contributed by atoms with E-state index in [4.69, 9.17) is 4.74 Å². The van der Waals surface area contributed by atoms with Gasteiger partial charge in [-0.25, -0.2) is 0 Å². The lowest BCUT2D eigenvalue weighted by molar-refractivity contribution is -0.153. The summed E-state index contributed by atoms with van der Waals surface area (Å²) in [6, 6.07) is 7.84. The number of nitrogens with zero attached hydrogens (tertiary/aromatic N) is 1. The minimum atomic E-state index is -0.00735. The maximum Gasteiger partial charge on any atom is 0.229 e. The Balaban J connectivity index is 1.14. The van der Waals surface area contributed by atoms with Crippen molar-refractivity contribution in [3.8, 4) is 5.75 Å². The van der Waals surface area contributed by atoms with Gasteiger partial charge in [-0.15, -0.1) is 0 Å². The summed E-state index contributed by atoms with van der Waals surface area (Å²) in [6.45, 7) is 2.01. The molecule has 0 radical (unpaired) electrons. The van der Waals surface area contributed by atoms with Gasteiger partial charge in [0.1, 0.15) is 11.5 Å². The molecular weight excluding hydrogens is 354 g/mol. The van der Waals surface area contributed by atoms with E-state index in [1.165, 1.54) is 4.90 Å². The van der Waals surface area contributed by atoms with Gasteiger partial charge in [-0.3, -0.25) is 14.5 Å². The van der Waals surface area contributed by atoms with Crippen LogP contribution in [0.3, 0.4) is 0 Å². The van der Waals surface area contributed by atoms with Gasteiger partial charge >= 0.3 is 0 Å². The Labute approximate surface area is 166 Å². The number of carbonyl (C=O) groups excluding carboxylic acids is 2. The summed E-state index contributed by atoms with van der Waals surface area (Å²) in [6.07, 6.45) is 9.16. The van der Waals surface area contributed by atoms with Crippen LogP contribution in [0.2, 0.25) is 0 Å². The van der Waals surface area contributed by atoms with Crippen molar-refractivity contribution in [1.82, 2.24) is 10.2 Å². The number of benzene rings is 1. The summed E-state index contributed by atoms with van der Waals surface area (Å²) in [7, 11) is 0. The van der Waals surface area contributed by atoms with E-state index in [0.29, 0.717) is 25.9 Å². The first kappa shape index (κ1) is 19.0. The fraction of sp³-hybridized carbons (Fsp3) is 0.545. The standard InChI is InChI=1S/C22H29N3O3/c26-20-13-22(9-3-4-10-22)14-21(27)25(20)12-6-5-11-23-15-17-16-24-18-7-1-2-8-19(18)28-17/h1-2,7-8,16,23-24H,3-6,9-15H2. The van der Waals surface area contributed by atoms with Crippen LogP contribution >= 0.6 is 0 Å². The number of carbonyl (C=O) groups is 2. The van der Waals surface area contributed by atoms with Crippen molar-refractivity contribution in [3.63, 3.8) is 0 Å². The molecule has 1 aromatic rings. The summed E-state index contributed by atoms with van der Waals surface area (Å²) < 4.78 is 5.85. The highest BCUT2D eigenvalue weighted by atomic mass is 16.5. The predicted molar refractivity (Wildman–Crippen MR) is 108 cm³/mol. The second-order valence-electron chi connectivity index (χ2n) is 8.24. The van der Waals surface area contributed by atoms with Crippen molar-refractivity contribution in [1.29, 1.82) is 0 Å². The molecule has 0 bridgehead atoms. The summed E-state index contributed by atoms with van der Waals surface area (Å²) in [5, 5.41) is 6.59. The fourth-order valence-corrected chi connectivity index (χ4v) is 4.58. The van der Waals surface area contributed by atoms with Crippen LogP contribution in [0.15, 0.2) is 36.2 Å². The Morgan fingerprint density at radius 3 is 2.61 bits per heavy atom. The Kier molecular flexibility index (Phi) is 5.67. The minimum Gasteiger partial charge on any atom is -0.457 e. The molecule has 6 nitrogen and oxygen atoms in total. The van der Waals surface area contributed by atoms with E-state index < -0.39 is 0 Å². The van der Waals surface area contributed by atoms with Crippen molar-refractivity contribution in [2.24, 2.45) is 5.41 Å². The second-order valence-corrected chi connectivity index (χ2v) is 8.24. The molecule has 2 fully saturated rings. The zero-order chi connectivity index (χ0) is 19.4. The summed E-state index contributed by atoms with van der Waals surface area (Å²) in [5.74, 6) is 1.76. The van der Waals surface area contributed by atoms with Gasteiger partial charge in [0.2, 0.25) is 11.8 Å². The second kappa shape index (κ2) is 8.35. The number of imide groups is 1. The molecule has 1 saturated heterocycles. The summed E-state index contributed by atoms with van der Waals surface area (Å²) in [4.78, 5) is 26.4. The zero-order valence-electron chi connectivity index (χ0n) is 16.3. The number of fused-ring (bicyclic) bond motifs is 1. The van der Waals surface area contributed by atoms with Crippen LogP contribution in [0.25, 0.3) is 0 Å². The maximum atomic E-state index is 12.5. The van der Waals surface area contributed by atoms with Crippen molar-refractivity contribution in [3.05, 3.63) is 36.2 Å².